The van der Waals surface area contributed by atoms with Gasteiger partial charge in [0.15, 0.2) is 0 Å². The second kappa shape index (κ2) is 6.04. The van der Waals surface area contributed by atoms with E-state index in [-0.39, 0.29) is 6.61 Å². The van der Waals surface area contributed by atoms with E-state index in [9.17, 15) is 14.4 Å². The number of likely N-dealkylation sites (tertiary alicyclic amines) is 1. The fourth-order valence-corrected chi connectivity index (χ4v) is 2.02. The van der Waals surface area contributed by atoms with Gasteiger partial charge in [-0.1, -0.05) is 0 Å². The van der Waals surface area contributed by atoms with Crippen LogP contribution in [0.15, 0.2) is 0 Å². The molecule has 0 spiro atoms. The second-order valence-corrected chi connectivity index (χ2v) is 5.44. The number of carbonyl (C=O) groups is 3. The van der Waals surface area contributed by atoms with Gasteiger partial charge in [0.1, 0.15) is 17.9 Å². The molecule has 0 aromatic rings. The van der Waals surface area contributed by atoms with Crippen molar-refractivity contribution in [2.75, 3.05) is 6.61 Å². The van der Waals surface area contributed by atoms with Gasteiger partial charge in [0.2, 0.25) is 0 Å². The maximum Gasteiger partial charge on any atom is 0.411 e. The number of esters is 1. The third kappa shape index (κ3) is 3.94. The highest BCUT2D eigenvalue weighted by Crippen LogP contribution is 2.26. The number of amides is 1. The molecule has 19 heavy (non-hydrogen) atoms. The van der Waals surface area contributed by atoms with Crippen molar-refractivity contribution in [3.8, 4) is 0 Å². The molecule has 6 nitrogen and oxygen atoms in total. The topological polar surface area (TPSA) is 72.9 Å². The van der Waals surface area contributed by atoms with Crippen LogP contribution in [-0.4, -0.2) is 47.5 Å². The van der Waals surface area contributed by atoms with E-state index in [2.05, 4.69) is 0 Å². The Morgan fingerprint density at radius 2 is 1.95 bits per heavy atom. The highest BCUT2D eigenvalue weighted by molar-refractivity contribution is 5.85. The van der Waals surface area contributed by atoms with Crippen molar-refractivity contribution in [2.24, 2.45) is 0 Å². The lowest BCUT2D eigenvalue weighted by Crippen LogP contribution is -2.48. The van der Waals surface area contributed by atoms with E-state index in [0.29, 0.717) is 19.1 Å². The molecule has 1 fully saturated rings. The minimum Gasteiger partial charge on any atom is -0.464 e. The van der Waals surface area contributed by atoms with Gasteiger partial charge in [-0.05, 0) is 40.5 Å². The molecule has 0 radical (unpaired) electrons. The van der Waals surface area contributed by atoms with Crippen LogP contribution < -0.4 is 0 Å². The Hall–Kier alpha value is -1.59. The minimum atomic E-state index is -0.731. The predicted molar refractivity (Wildman–Crippen MR) is 67.6 cm³/mol. The Balaban J connectivity index is 2.85. The van der Waals surface area contributed by atoms with Crippen LogP contribution in [0.2, 0.25) is 0 Å². The molecule has 1 amide bonds. The van der Waals surface area contributed by atoms with Crippen LogP contribution in [0.25, 0.3) is 0 Å². The van der Waals surface area contributed by atoms with Crippen molar-refractivity contribution in [3.63, 3.8) is 0 Å². The molecule has 108 valence electrons. The van der Waals surface area contributed by atoms with Gasteiger partial charge in [-0.15, -0.1) is 0 Å². The number of carbonyl (C=O) groups excluding carboxylic acids is 3. The van der Waals surface area contributed by atoms with E-state index in [1.807, 2.05) is 0 Å². The first kappa shape index (κ1) is 15.5. The molecule has 0 aromatic heterocycles. The molecule has 2 unspecified atom stereocenters. The normalized spacial score (nSPS) is 23.1. The molecule has 1 rings (SSSR count). The van der Waals surface area contributed by atoms with Gasteiger partial charge in [0, 0.05) is 0 Å². The molecule has 0 N–H and O–H groups in total. The Morgan fingerprint density at radius 1 is 1.32 bits per heavy atom. The number of rotatable bonds is 3. The Labute approximate surface area is 113 Å². The first-order valence-electron chi connectivity index (χ1n) is 6.43. The summed E-state index contributed by atoms with van der Waals surface area (Å²) < 4.78 is 10.2. The van der Waals surface area contributed by atoms with Crippen LogP contribution in [0.5, 0.6) is 0 Å². The molecule has 2 atom stereocenters. The molecule has 0 aromatic carbocycles. The first-order chi connectivity index (χ1) is 8.80. The van der Waals surface area contributed by atoms with Gasteiger partial charge >= 0.3 is 12.1 Å². The number of aldehydes is 1. The molecular weight excluding hydrogens is 250 g/mol. The van der Waals surface area contributed by atoms with E-state index in [4.69, 9.17) is 9.47 Å². The molecule has 0 bridgehead atoms. The molecular formula is C13H21NO5. The Morgan fingerprint density at radius 3 is 2.42 bits per heavy atom. The zero-order valence-corrected chi connectivity index (χ0v) is 11.8. The molecule has 1 aliphatic rings. The number of hydrogen-bond donors (Lipinski definition) is 0. The van der Waals surface area contributed by atoms with Gasteiger partial charge in [-0.3, -0.25) is 4.90 Å². The maximum atomic E-state index is 12.1. The van der Waals surface area contributed by atoms with Crippen molar-refractivity contribution in [3.05, 3.63) is 0 Å². The van der Waals surface area contributed by atoms with Crippen LogP contribution in [0.3, 0.4) is 0 Å². The Kier molecular flexibility index (Phi) is 4.91. The molecule has 1 aliphatic heterocycles. The van der Waals surface area contributed by atoms with E-state index in [0.717, 1.165) is 0 Å². The largest absolute Gasteiger partial charge is 0.464 e. The fraction of sp³-hybridized carbons (Fsp3) is 0.769. The van der Waals surface area contributed by atoms with Crippen molar-refractivity contribution >= 4 is 18.3 Å². The summed E-state index contributed by atoms with van der Waals surface area (Å²) in [6.07, 6.45) is 0.886. The van der Waals surface area contributed by atoms with Crippen LogP contribution in [0, 0.1) is 0 Å². The Bertz CT molecular complexity index is 361. The quantitative estimate of drug-likeness (QED) is 0.574. The van der Waals surface area contributed by atoms with E-state index in [1.165, 1.54) is 4.90 Å². The molecule has 0 aliphatic carbocycles. The summed E-state index contributed by atoms with van der Waals surface area (Å²) in [6, 6.07) is -1.35. The zero-order chi connectivity index (χ0) is 14.6. The smallest absolute Gasteiger partial charge is 0.411 e. The standard InChI is InChI=1S/C13H21NO5/c1-5-18-11(16)10-7-6-9(8-15)14(10)12(17)19-13(2,3)4/h8-10H,5-7H2,1-4H3. The second-order valence-electron chi connectivity index (χ2n) is 5.44. The average molecular weight is 271 g/mol. The number of ether oxygens (including phenoxy) is 2. The lowest BCUT2D eigenvalue weighted by molar-refractivity contribution is -0.148. The van der Waals surface area contributed by atoms with Crippen LogP contribution in [0.1, 0.15) is 40.5 Å². The molecule has 6 heteroatoms. The van der Waals surface area contributed by atoms with Gasteiger partial charge in [-0.2, -0.15) is 0 Å². The fourth-order valence-electron chi connectivity index (χ4n) is 2.02. The van der Waals surface area contributed by atoms with Gasteiger partial charge < -0.3 is 14.3 Å². The van der Waals surface area contributed by atoms with Gasteiger partial charge in [0.05, 0.1) is 12.6 Å². The number of nitrogens with zero attached hydrogens (tertiary/aromatic N) is 1. The summed E-state index contributed by atoms with van der Waals surface area (Å²) in [7, 11) is 0. The third-order valence-corrected chi connectivity index (χ3v) is 2.75. The van der Waals surface area contributed by atoms with Crippen LogP contribution in [-0.2, 0) is 19.1 Å². The van der Waals surface area contributed by atoms with E-state index < -0.39 is 29.7 Å². The zero-order valence-electron chi connectivity index (χ0n) is 11.8. The predicted octanol–water partition coefficient (Wildman–Crippen LogP) is 1.52. The van der Waals surface area contributed by atoms with Crippen molar-refractivity contribution in [1.29, 1.82) is 0 Å². The van der Waals surface area contributed by atoms with Gasteiger partial charge in [-0.25, -0.2) is 9.59 Å². The van der Waals surface area contributed by atoms with Crippen molar-refractivity contribution in [2.45, 2.75) is 58.2 Å². The summed E-state index contributed by atoms with van der Waals surface area (Å²) >= 11 is 0. The lowest BCUT2D eigenvalue weighted by Gasteiger charge is -2.29. The average Bonchev–Trinajstić information content (AvgIpc) is 2.70. The third-order valence-electron chi connectivity index (χ3n) is 2.75. The van der Waals surface area contributed by atoms with Crippen LogP contribution >= 0.6 is 0 Å². The first-order valence-corrected chi connectivity index (χ1v) is 6.43. The summed E-state index contributed by atoms with van der Waals surface area (Å²) in [4.78, 5) is 36.1. The molecule has 1 saturated heterocycles. The highest BCUT2D eigenvalue weighted by atomic mass is 16.6. The van der Waals surface area contributed by atoms with Crippen molar-refractivity contribution < 1.29 is 23.9 Å². The van der Waals surface area contributed by atoms with Crippen LogP contribution in [0.4, 0.5) is 4.79 Å². The minimum absolute atomic E-state index is 0.239. The summed E-state index contributed by atoms with van der Waals surface area (Å²) in [5, 5.41) is 0. The maximum absolute atomic E-state index is 12.1. The van der Waals surface area contributed by atoms with E-state index >= 15 is 0 Å². The monoisotopic (exact) mass is 271 g/mol. The van der Waals surface area contributed by atoms with Gasteiger partial charge in [0.25, 0.3) is 0 Å². The lowest BCUT2D eigenvalue weighted by atomic mass is 10.2. The van der Waals surface area contributed by atoms with Crippen molar-refractivity contribution in [1.82, 2.24) is 4.90 Å². The van der Waals surface area contributed by atoms with E-state index in [1.54, 1.807) is 27.7 Å². The SMILES string of the molecule is CCOC(=O)C1CCC(C=O)N1C(=O)OC(C)(C)C. The number of hydrogen-bond acceptors (Lipinski definition) is 5. The highest BCUT2D eigenvalue weighted by Gasteiger charge is 2.43. The summed E-state index contributed by atoms with van der Waals surface area (Å²) in [5.74, 6) is -0.488. The molecule has 0 saturated carbocycles. The molecule has 1 heterocycles. The summed E-state index contributed by atoms with van der Waals surface area (Å²) in [5.41, 5.74) is -0.674. The summed E-state index contributed by atoms with van der Waals surface area (Å²) in [6.45, 7) is 7.13.